The molecule has 0 aliphatic heterocycles. The lowest BCUT2D eigenvalue weighted by molar-refractivity contribution is -0.142. The Labute approximate surface area is 226 Å². The van der Waals surface area contributed by atoms with Crippen LogP contribution in [0.1, 0.15) is 53.2 Å². The number of nitrogens with zero attached hydrogens (tertiary/aromatic N) is 1. The molecule has 0 spiro atoms. The second-order valence-corrected chi connectivity index (χ2v) is 9.50. The number of fused-ring (bicyclic) bond motifs is 1. The highest BCUT2D eigenvalue weighted by Gasteiger charge is 2.30. The fourth-order valence-corrected chi connectivity index (χ4v) is 4.25. The van der Waals surface area contributed by atoms with Crippen molar-refractivity contribution in [3.63, 3.8) is 0 Å². The van der Waals surface area contributed by atoms with Gasteiger partial charge in [0.2, 0.25) is 5.89 Å². The van der Waals surface area contributed by atoms with Crippen molar-refractivity contribution in [2.24, 2.45) is 5.92 Å². The molecule has 0 aliphatic carbocycles. The first-order valence-electron chi connectivity index (χ1n) is 12.6. The lowest BCUT2D eigenvalue weighted by atomic mass is 10.0. The van der Waals surface area contributed by atoms with Crippen molar-refractivity contribution in [1.82, 2.24) is 20.6 Å². The summed E-state index contributed by atoms with van der Waals surface area (Å²) in [5.74, 6) is -0.878. The quantitative estimate of drug-likeness (QED) is 0.254. The Morgan fingerprint density at radius 3 is 2.46 bits per heavy atom. The first kappa shape index (κ1) is 27.4. The number of alkyl carbamates (subject to hydrolysis) is 1. The van der Waals surface area contributed by atoms with Crippen LogP contribution in [0.5, 0.6) is 0 Å². The van der Waals surface area contributed by atoms with Gasteiger partial charge in [-0.1, -0.05) is 62.4 Å². The van der Waals surface area contributed by atoms with Crippen LogP contribution in [0.3, 0.4) is 0 Å². The van der Waals surface area contributed by atoms with Crippen molar-refractivity contribution in [2.45, 2.75) is 45.9 Å². The molecule has 2 aromatic heterocycles. The van der Waals surface area contributed by atoms with E-state index in [-0.39, 0.29) is 36.3 Å². The van der Waals surface area contributed by atoms with Crippen molar-refractivity contribution in [3.05, 3.63) is 89.3 Å². The predicted molar refractivity (Wildman–Crippen MR) is 144 cm³/mol. The molecule has 0 aliphatic rings. The Morgan fingerprint density at radius 2 is 1.74 bits per heavy atom. The van der Waals surface area contributed by atoms with E-state index < -0.39 is 30.1 Å². The van der Waals surface area contributed by atoms with Gasteiger partial charge in [-0.2, -0.15) is 0 Å². The van der Waals surface area contributed by atoms with Crippen molar-refractivity contribution >= 4 is 28.9 Å². The summed E-state index contributed by atoms with van der Waals surface area (Å²) in [7, 11) is 1.27. The molecule has 0 saturated heterocycles. The van der Waals surface area contributed by atoms with Gasteiger partial charge in [0.25, 0.3) is 5.91 Å². The molecule has 1 unspecified atom stereocenters. The van der Waals surface area contributed by atoms with Crippen LogP contribution in [-0.2, 0) is 27.3 Å². The number of para-hydroxylation sites is 1. The van der Waals surface area contributed by atoms with E-state index in [1.165, 1.54) is 7.11 Å². The molecule has 10 nitrogen and oxygen atoms in total. The number of rotatable bonds is 10. The average Bonchev–Trinajstić information content (AvgIpc) is 3.53. The number of hydrogen-bond donors (Lipinski definition) is 3. The number of aromatic amines is 1. The van der Waals surface area contributed by atoms with Gasteiger partial charge in [-0.3, -0.25) is 4.79 Å². The third-order valence-electron chi connectivity index (χ3n) is 6.34. The molecule has 4 rings (SSSR count). The van der Waals surface area contributed by atoms with Gasteiger partial charge in [-0.15, -0.1) is 0 Å². The van der Waals surface area contributed by atoms with E-state index in [1.54, 1.807) is 6.92 Å². The number of benzene rings is 2. The lowest BCUT2D eigenvalue weighted by Crippen LogP contribution is -2.43. The molecular weight excluding hydrogens is 500 g/mol. The van der Waals surface area contributed by atoms with Crippen molar-refractivity contribution in [2.75, 3.05) is 7.11 Å². The fourth-order valence-electron chi connectivity index (χ4n) is 4.25. The van der Waals surface area contributed by atoms with Crippen LogP contribution in [0.25, 0.3) is 10.9 Å². The van der Waals surface area contributed by atoms with Gasteiger partial charge in [-0.25, -0.2) is 14.6 Å². The first-order valence-corrected chi connectivity index (χ1v) is 12.6. The minimum absolute atomic E-state index is 0.0166. The minimum Gasteiger partial charge on any atom is -0.467 e. The Balaban J connectivity index is 1.46. The van der Waals surface area contributed by atoms with Crippen LogP contribution in [-0.4, -0.2) is 41.1 Å². The zero-order valence-corrected chi connectivity index (χ0v) is 22.3. The van der Waals surface area contributed by atoms with Crippen LogP contribution < -0.4 is 10.6 Å². The zero-order valence-electron chi connectivity index (χ0n) is 22.3. The van der Waals surface area contributed by atoms with Crippen LogP contribution in [0.15, 0.2) is 65.2 Å². The van der Waals surface area contributed by atoms with Gasteiger partial charge in [0.1, 0.15) is 24.5 Å². The number of nitrogens with one attached hydrogen (secondary N) is 3. The molecule has 4 aromatic rings. The second-order valence-electron chi connectivity index (χ2n) is 9.50. The van der Waals surface area contributed by atoms with E-state index in [1.807, 2.05) is 74.6 Å². The maximum absolute atomic E-state index is 13.2. The molecular formula is C29H32N4O6. The van der Waals surface area contributed by atoms with Gasteiger partial charge in [0.15, 0.2) is 5.69 Å². The van der Waals surface area contributed by atoms with E-state index >= 15 is 0 Å². The number of amides is 2. The largest absolute Gasteiger partial charge is 0.467 e. The van der Waals surface area contributed by atoms with E-state index in [4.69, 9.17) is 13.9 Å². The van der Waals surface area contributed by atoms with Crippen LogP contribution >= 0.6 is 0 Å². The molecule has 0 saturated carbocycles. The number of aromatic nitrogens is 2. The van der Waals surface area contributed by atoms with Gasteiger partial charge < -0.3 is 29.5 Å². The number of ether oxygens (including phenoxy) is 2. The summed E-state index contributed by atoms with van der Waals surface area (Å²) in [6.45, 7) is 5.48. The van der Waals surface area contributed by atoms with E-state index in [9.17, 15) is 14.4 Å². The summed E-state index contributed by atoms with van der Waals surface area (Å²) in [6.07, 6.45) is 1.39. The number of aryl methyl sites for hydroxylation is 1. The molecule has 2 amide bonds. The highest BCUT2D eigenvalue weighted by atomic mass is 16.5. The second kappa shape index (κ2) is 12.3. The predicted octanol–water partition coefficient (Wildman–Crippen LogP) is 4.60. The Morgan fingerprint density at radius 1 is 1.03 bits per heavy atom. The Hall–Kier alpha value is -4.60. The molecule has 0 bridgehead atoms. The highest BCUT2D eigenvalue weighted by Crippen LogP contribution is 2.24. The molecule has 2 aromatic carbocycles. The maximum Gasteiger partial charge on any atom is 0.408 e. The molecule has 39 heavy (non-hydrogen) atoms. The standard InChI is InChI=1S/C29H32N4O6/c1-17(2)24(33-29(36)38-16-19-10-6-5-7-11-19)27-32-25(18(3)39-27)26(34)31-23(28(35)37-4)14-20-15-30-22-13-9-8-12-21(20)22/h5-13,15,17,23-24,30H,14,16H2,1-4H3,(H,31,34)(H,33,36)/t23?,24-/m0/s1. The highest BCUT2D eigenvalue weighted by molar-refractivity contribution is 5.96. The molecule has 2 heterocycles. The topological polar surface area (TPSA) is 136 Å². The maximum atomic E-state index is 13.2. The van der Waals surface area contributed by atoms with Crippen molar-refractivity contribution < 1.29 is 28.3 Å². The van der Waals surface area contributed by atoms with Gasteiger partial charge in [0.05, 0.1) is 7.11 Å². The minimum atomic E-state index is -0.951. The lowest BCUT2D eigenvalue weighted by Gasteiger charge is -2.19. The number of esters is 1. The van der Waals surface area contributed by atoms with E-state index in [0.717, 1.165) is 22.0 Å². The monoisotopic (exact) mass is 532 g/mol. The van der Waals surface area contributed by atoms with Crippen molar-refractivity contribution in [1.29, 1.82) is 0 Å². The number of oxazole rings is 1. The number of hydrogen-bond acceptors (Lipinski definition) is 7. The molecule has 204 valence electrons. The smallest absolute Gasteiger partial charge is 0.408 e. The molecule has 0 radical (unpaired) electrons. The fraction of sp³-hybridized carbons (Fsp3) is 0.310. The molecule has 10 heteroatoms. The normalized spacial score (nSPS) is 12.6. The number of H-pyrrole nitrogens is 1. The third-order valence-corrected chi connectivity index (χ3v) is 6.34. The zero-order chi connectivity index (χ0) is 27.9. The van der Waals surface area contributed by atoms with Crippen LogP contribution in [0.2, 0.25) is 0 Å². The molecule has 2 atom stereocenters. The van der Waals surface area contributed by atoms with Crippen LogP contribution in [0, 0.1) is 12.8 Å². The molecule has 3 N–H and O–H groups in total. The van der Waals surface area contributed by atoms with Gasteiger partial charge in [0, 0.05) is 23.5 Å². The summed E-state index contributed by atoms with van der Waals surface area (Å²) in [4.78, 5) is 45.8. The van der Waals surface area contributed by atoms with Gasteiger partial charge >= 0.3 is 12.1 Å². The summed E-state index contributed by atoms with van der Waals surface area (Å²) in [5, 5.41) is 6.45. The summed E-state index contributed by atoms with van der Waals surface area (Å²) < 4.78 is 16.1. The van der Waals surface area contributed by atoms with Gasteiger partial charge in [-0.05, 0) is 30.0 Å². The van der Waals surface area contributed by atoms with E-state index in [2.05, 4.69) is 20.6 Å². The summed E-state index contributed by atoms with van der Waals surface area (Å²) in [6, 6.07) is 15.4. The Bertz CT molecular complexity index is 1440. The first-order chi connectivity index (χ1) is 18.8. The van der Waals surface area contributed by atoms with E-state index in [0.29, 0.717) is 0 Å². The SMILES string of the molecule is COC(=O)C(Cc1c[nH]c2ccccc12)NC(=O)c1nc([C@@H](NC(=O)OCc2ccccc2)C(C)C)oc1C. The van der Waals surface area contributed by atoms with Crippen molar-refractivity contribution in [3.8, 4) is 0 Å². The summed E-state index contributed by atoms with van der Waals surface area (Å²) in [5.41, 5.74) is 2.65. The number of carbonyl (C=O) groups is 3. The Kier molecular flexibility index (Phi) is 8.65. The number of methoxy groups -OCH3 is 1. The third kappa shape index (κ3) is 6.64. The summed E-state index contributed by atoms with van der Waals surface area (Å²) >= 11 is 0. The van der Waals surface area contributed by atoms with Crippen LogP contribution in [0.4, 0.5) is 4.79 Å². The number of carbonyl (C=O) groups excluding carboxylic acids is 3. The molecule has 0 fully saturated rings. The average molecular weight is 533 g/mol.